The Kier molecular flexibility index (Phi) is 3.06. The van der Waals surface area contributed by atoms with Crippen molar-refractivity contribution in [3.05, 3.63) is 29.8 Å². The molecule has 1 aromatic carbocycles. The van der Waals surface area contributed by atoms with Crippen molar-refractivity contribution < 1.29 is 4.74 Å². The molecule has 1 N–H and O–H groups in total. The summed E-state index contributed by atoms with van der Waals surface area (Å²) in [7, 11) is 0. The van der Waals surface area contributed by atoms with E-state index in [1.54, 1.807) is 0 Å². The molecule has 92 valence electrons. The van der Waals surface area contributed by atoms with E-state index < -0.39 is 0 Å². The summed E-state index contributed by atoms with van der Waals surface area (Å²) in [6.45, 7) is 4.62. The van der Waals surface area contributed by atoms with E-state index in [2.05, 4.69) is 36.5 Å². The number of hydrogen-bond donors (Lipinski definition) is 1. The topological polar surface area (TPSA) is 21.3 Å². The second-order valence-electron chi connectivity index (χ2n) is 5.47. The van der Waals surface area contributed by atoms with E-state index >= 15 is 0 Å². The molecule has 2 nitrogen and oxygen atoms in total. The van der Waals surface area contributed by atoms with Crippen molar-refractivity contribution in [1.82, 2.24) is 5.32 Å². The zero-order valence-corrected chi connectivity index (χ0v) is 10.5. The summed E-state index contributed by atoms with van der Waals surface area (Å²) in [4.78, 5) is 0. The van der Waals surface area contributed by atoms with Gasteiger partial charge in [0.15, 0.2) is 0 Å². The van der Waals surface area contributed by atoms with Gasteiger partial charge < -0.3 is 10.1 Å². The van der Waals surface area contributed by atoms with Crippen LogP contribution in [0.15, 0.2) is 24.3 Å². The van der Waals surface area contributed by atoms with Crippen molar-refractivity contribution in [2.75, 3.05) is 13.1 Å². The zero-order chi connectivity index (χ0) is 11.7. The monoisotopic (exact) mass is 231 g/mol. The Morgan fingerprint density at radius 3 is 2.88 bits per heavy atom. The lowest BCUT2D eigenvalue weighted by Crippen LogP contribution is -2.33. The molecule has 2 heteroatoms. The van der Waals surface area contributed by atoms with Crippen molar-refractivity contribution in [2.45, 2.75) is 38.2 Å². The molecule has 2 atom stereocenters. The number of nitrogens with one attached hydrogen (secondary N) is 1. The van der Waals surface area contributed by atoms with Crippen LogP contribution < -0.4 is 10.1 Å². The first kappa shape index (κ1) is 11.1. The Labute approximate surface area is 103 Å². The van der Waals surface area contributed by atoms with Crippen LogP contribution in [-0.2, 0) is 0 Å². The molecule has 0 bridgehead atoms. The first-order chi connectivity index (χ1) is 8.33. The molecule has 0 radical (unpaired) electrons. The van der Waals surface area contributed by atoms with E-state index in [-0.39, 0.29) is 0 Å². The minimum Gasteiger partial charge on any atom is -0.490 e. The van der Waals surface area contributed by atoms with Crippen molar-refractivity contribution in [1.29, 1.82) is 0 Å². The van der Waals surface area contributed by atoms with E-state index in [4.69, 9.17) is 4.74 Å². The fourth-order valence-corrected chi connectivity index (χ4v) is 2.71. The first-order valence-electron chi connectivity index (χ1n) is 6.80. The molecule has 1 aliphatic heterocycles. The Hall–Kier alpha value is -1.02. The lowest BCUT2D eigenvalue weighted by Gasteiger charge is -2.30. The highest BCUT2D eigenvalue weighted by Crippen LogP contribution is 2.33. The number of piperidine rings is 1. The van der Waals surface area contributed by atoms with Gasteiger partial charge >= 0.3 is 0 Å². The van der Waals surface area contributed by atoms with Gasteiger partial charge in [-0.25, -0.2) is 0 Å². The third-order valence-electron chi connectivity index (χ3n) is 3.90. The zero-order valence-electron chi connectivity index (χ0n) is 10.5. The second kappa shape index (κ2) is 4.69. The highest BCUT2D eigenvalue weighted by atomic mass is 16.5. The van der Waals surface area contributed by atoms with Crippen LogP contribution in [0.3, 0.4) is 0 Å². The van der Waals surface area contributed by atoms with Gasteiger partial charge in [-0.3, -0.25) is 0 Å². The Morgan fingerprint density at radius 1 is 1.24 bits per heavy atom. The van der Waals surface area contributed by atoms with Gasteiger partial charge in [0.25, 0.3) is 0 Å². The third kappa shape index (κ3) is 2.63. The molecule has 1 saturated carbocycles. The molecule has 3 rings (SSSR count). The lowest BCUT2D eigenvalue weighted by molar-refractivity contribution is 0.301. The minimum absolute atomic E-state index is 0.496. The molecule has 2 aliphatic rings. The molecule has 2 unspecified atom stereocenters. The van der Waals surface area contributed by atoms with Crippen molar-refractivity contribution in [2.24, 2.45) is 5.92 Å². The van der Waals surface area contributed by atoms with Crippen LogP contribution in [0.2, 0.25) is 0 Å². The van der Waals surface area contributed by atoms with E-state index in [0.29, 0.717) is 12.0 Å². The standard InChI is InChI=1S/C15H21NO/c1-11-10-16-8-7-15(11)12-3-2-4-14(9-12)17-13-5-6-13/h2-4,9,11,13,15-16H,5-8,10H2,1H3. The predicted molar refractivity (Wildman–Crippen MR) is 69.5 cm³/mol. The summed E-state index contributed by atoms with van der Waals surface area (Å²) in [6, 6.07) is 8.74. The molecule has 1 aromatic rings. The predicted octanol–water partition coefficient (Wildman–Crippen LogP) is 2.94. The van der Waals surface area contributed by atoms with Gasteiger partial charge in [0.2, 0.25) is 0 Å². The summed E-state index contributed by atoms with van der Waals surface area (Å²) in [5.74, 6) is 2.48. The summed E-state index contributed by atoms with van der Waals surface area (Å²) in [5, 5.41) is 3.46. The van der Waals surface area contributed by atoms with Gasteiger partial charge in [0.05, 0.1) is 6.10 Å². The summed E-state index contributed by atoms with van der Waals surface area (Å²) in [5.41, 5.74) is 1.46. The van der Waals surface area contributed by atoms with Crippen LogP contribution in [-0.4, -0.2) is 19.2 Å². The number of hydrogen-bond acceptors (Lipinski definition) is 2. The highest BCUT2D eigenvalue weighted by molar-refractivity contribution is 5.32. The van der Waals surface area contributed by atoms with Gasteiger partial charge in [-0.05, 0) is 61.9 Å². The summed E-state index contributed by atoms with van der Waals surface area (Å²) in [6.07, 6.45) is 4.20. The van der Waals surface area contributed by atoms with Crippen molar-refractivity contribution in [3.63, 3.8) is 0 Å². The molecule has 0 amide bonds. The Balaban J connectivity index is 1.76. The molecule has 17 heavy (non-hydrogen) atoms. The van der Waals surface area contributed by atoms with Gasteiger partial charge in [0, 0.05) is 0 Å². The molecule has 0 spiro atoms. The number of benzene rings is 1. The highest BCUT2D eigenvalue weighted by Gasteiger charge is 2.25. The van der Waals surface area contributed by atoms with E-state index in [0.717, 1.165) is 24.8 Å². The average molecular weight is 231 g/mol. The van der Waals surface area contributed by atoms with Crippen LogP contribution in [0.1, 0.15) is 37.7 Å². The lowest BCUT2D eigenvalue weighted by atomic mass is 9.82. The fraction of sp³-hybridized carbons (Fsp3) is 0.600. The van der Waals surface area contributed by atoms with Gasteiger partial charge in [-0.15, -0.1) is 0 Å². The van der Waals surface area contributed by atoms with Gasteiger partial charge in [-0.1, -0.05) is 19.1 Å². The Morgan fingerprint density at radius 2 is 2.12 bits per heavy atom. The summed E-state index contributed by atoms with van der Waals surface area (Å²) >= 11 is 0. The van der Waals surface area contributed by atoms with Crippen molar-refractivity contribution in [3.8, 4) is 5.75 Å². The third-order valence-corrected chi connectivity index (χ3v) is 3.90. The molecule has 1 saturated heterocycles. The maximum Gasteiger partial charge on any atom is 0.120 e. The normalized spacial score (nSPS) is 29.0. The molecular weight excluding hydrogens is 210 g/mol. The largest absolute Gasteiger partial charge is 0.490 e. The van der Waals surface area contributed by atoms with Gasteiger partial charge in [0.1, 0.15) is 5.75 Å². The van der Waals surface area contributed by atoms with Crippen molar-refractivity contribution >= 4 is 0 Å². The molecule has 0 aromatic heterocycles. The smallest absolute Gasteiger partial charge is 0.120 e. The Bertz CT molecular complexity index is 386. The van der Waals surface area contributed by atoms with Gasteiger partial charge in [-0.2, -0.15) is 0 Å². The summed E-state index contributed by atoms with van der Waals surface area (Å²) < 4.78 is 5.88. The van der Waals surface area contributed by atoms with E-state index in [1.165, 1.54) is 24.8 Å². The fourth-order valence-electron chi connectivity index (χ4n) is 2.71. The van der Waals surface area contributed by atoms with E-state index in [9.17, 15) is 0 Å². The molecule has 1 aliphatic carbocycles. The molecule has 1 heterocycles. The van der Waals surface area contributed by atoms with E-state index in [1.807, 2.05) is 0 Å². The van der Waals surface area contributed by atoms with Crippen LogP contribution in [0.4, 0.5) is 0 Å². The minimum atomic E-state index is 0.496. The van der Waals surface area contributed by atoms with Crippen LogP contribution in [0.5, 0.6) is 5.75 Å². The number of rotatable bonds is 3. The maximum atomic E-state index is 5.88. The molecular formula is C15H21NO. The van der Waals surface area contributed by atoms with Crippen LogP contribution in [0, 0.1) is 5.92 Å². The molecule has 2 fully saturated rings. The van der Waals surface area contributed by atoms with Crippen LogP contribution >= 0.6 is 0 Å². The quantitative estimate of drug-likeness (QED) is 0.863. The number of ether oxygens (including phenoxy) is 1. The second-order valence-corrected chi connectivity index (χ2v) is 5.47. The van der Waals surface area contributed by atoms with Crippen LogP contribution in [0.25, 0.3) is 0 Å². The first-order valence-corrected chi connectivity index (χ1v) is 6.80. The SMILES string of the molecule is CC1CNCCC1c1cccc(OC2CC2)c1. The average Bonchev–Trinajstić information content (AvgIpc) is 3.14. The maximum absolute atomic E-state index is 5.88.